The maximum Gasteiger partial charge on any atom is 0.234 e. The van der Waals surface area contributed by atoms with Crippen LogP contribution in [0.1, 0.15) is 12.8 Å². The highest BCUT2D eigenvalue weighted by atomic mass is 35.5. The van der Waals surface area contributed by atoms with Crippen LogP contribution in [0.5, 0.6) is 0 Å². The Balaban J connectivity index is 0.00000300. The molecule has 1 aliphatic heterocycles. The van der Waals surface area contributed by atoms with Gasteiger partial charge in [0.1, 0.15) is 11.6 Å². The predicted molar refractivity (Wildman–Crippen MR) is 111 cm³/mol. The fraction of sp³-hybridized carbons (Fsp3) is 0.333. The van der Waals surface area contributed by atoms with E-state index in [0.717, 1.165) is 0 Å². The monoisotopic (exact) mass is 423 g/mol. The molecule has 3 rings (SSSR count). The third kappa shape index (κ3) is 4.92. The molecule has 0 aliphatic carbocycles. The first-order valence-electron chi connectivity index (χ1n) is 9.09. The van der Waals surface area contributed by atoms with Gasteiger partial charge in [-0.2, -0.15) is 0 Å². The Bertz CT molecular complexity index is 853. The van der Waals surface area contributed by atoms with E-state index < -0.39 is 5.41 Å². The van der Waals surface area contributed by atoms with Gasteiger partial charge in [-0.15, -0.1) is 12.4 Å². The lowest BCUT2D eigenvalue weighted by atomic mass is 9.81. The third-order valence-electron chi connectivity index (χ3n) is 5.29. The van der Waals surface area contributed by atoms with E-state index >= 15 is 0 Å². The second-order valence-corrected chi connectivity index (χ2v) is 7.15. The standard InChI is InChI=1S/C21H23F2N3O2.ClH/c1-25(17-7-3-15(22)4-8-17)19(27)13-21(11-12-24-14-21)20(28)26(2)18-9-5-16(23)6-10-18;/h3-10,24H,11-14H2,1-2H3;1H. The number of amides is 2. The summed E-state index contributed by atoms with van der Waals surface area (Å²) in [5.41, 5.74) is 0.248. The van der Waals surface area contributed by atoms with Crippen LogP contribution in [-0.2, 0) is 9.59 Å². The van der Waals surface area contributed by atoms with Crippen LogP contribution >= 0.6 is 12.4 Å². The highest BCUT2D eigenvalue weighted by Crippen LogP contribution is 2.34. The van der Waals surface area contributed by atoms with Crippen molar-refractivity contribution in [3.8, 4) is 0 Å². The summed E-state index contributed by atoms with van der Waals surface area (Å²) in [6, 6.07) is 11.3. The fourth-order valence-electron chi connectivity index (χ4n) is 3.51. The van der Waals surface area contributed by atoms with Crippen molar-refractivity contribution in [2.24, 2.45) is 5.41 Å². The van der Waals surface area contributed by atoms with E-state index in [4.69, 9.17) is 0 Å². The van der Waals surface area contributed by atoms with Gasteiger partial charge < -0.3 is 15.1 Å². The largest absolute Gasteiger partial charge is 0.316 e. The zero-order valence-corrected chi connectivity index (χ0v) is 17.1. The van der Waals surface area contributed by atoms with E-state index in [9.17, 15) is 18.4 Å². The first kappa shape index (κ1) is 22.8. The predicted octanol–water partition coefficient (Wildman–Crippen LogP) is 3.38. The fourth-order valence-corrected chi connectivity index (χ4v) is 3.51. The van der Waals surface area contributed by atoms with E-state index in [1.165, 1.54) is 58.3 Å². The molecule has 1 saturated heterocycles. The van der Waals surface area contributed by atoms with E-state index in [2.05, 4.69) is 5.32 Å². The molecule has 0 radical (unpaired) electrons. The zero-order valence-electron chi connectivity index (χ0n) is 16.3. The summed E-state index contributed by atoms with van der Waals surface area (Å²) in [4.78, 5) is 29.1. The summed E-state index contributed by atoms with van der Waals surface area (Å²) >= 11 is 0. The molecule has 0 spiro atoms. The van der Waals surface area contributed by atoms with E-state index in [1.807, 2.05) is 0 Å². The van der Waals surface area contributed by atoms with Gasteiger partial charge in [0.15, 0.2) is 0 Å². The van der Waals surface area contributed by atoms with Crippen molar-refractivity contribution in [1.82, 2.24) is 5.32 Å². The van der Waals surface area contributed by atoms with Gasteiger partial charge in [-0.1, -0.05) is 0 Å². The first-order chi connectivity index (χ1) is 13.3. The molecule has 0 saturated carbocycles. The number of benzene rings is 2. The highest BCUT2D eigenvalue weighted by Gasteiger charge is 2.45. The number of halogens is 3. The van der Waals surface area contributed by atoms with Crippen LogP contribution < -0.4 is 15.1 Å². The van der Waals surface area contributed by atoms with Crippen molar-refractivity contribution in [3.63, 3.8) is 0 Å². The molecule has 1 unspecified atom stereocenters. The van der Waals surface area contributed by atoms with Crippen LogP contribution in [0, 0.1) is 17.0 Å². The molecular weight excluding hydrogens is 400 g/mol. The summed E-state index contributed by atoms with van der Waals surface area (Å²) in [7, 11) is 3.24. The SMILES string of the molecule is CN(C(=O)CC1(C(=O)N(C)c2ccc(F)cc2)CCNC1)c1ccc(F)cc1.Cl. The van der Waals surface area contributed by atoms with Crippen LogP contribution in [0.25, 0.3) is 0 Å². The van der Waals surface area contributed by atoms with Crippen molar-refractivity contribution < 1.29 is 18.4 Å². The quantitative estimate of drug-likeness (QED) is 0.802. The summed E-state index contributed by atoms with van der Waals surface area (Å²) in [5, 5.41) is 3.17. The second-order valence-electron chi connectivity index (χ2n) is 7.15. The van der Waals surface area contributed by atoms with E-state index in [1.54, 1.807) is 14.1 Å². The number of hydrogen-bond acceptors (Lipinski definition) is 3. The lowest BCUT2D eigenvalue weighted by Gasteiger charge is -2.32. The van der Waals surface area contributed by atoms with Crippen LogP contribution in [0.2, 0.25) is 0 Å². The van der Waals surface area contributed by atoms with Gasteiger partial charge in [0.2, 0.25) is 11.8 Å². The van der Waals surface area contributed by atoms with Gasteiger partial charge in [-0.3, -0.25) is 9.59 Å². The van der Waals surface area contributed by atoms with Crippen molar-refractivity contribution in [1.29, 1.82) is 0 Å². The minimum atomic E-state index is -0.880. The molecule has 2 aromatic rings. The molecule has 5 nitrogen and oxygen atoms in total. The maximum absolute atomic E-state index is 13.3. The summed E-state index contributed by atoms with van der Waals surface area (Å²) < 4.78 is 26.3. The van der Waals surface area contributed by atoms with E-state index in [0.29, 0.717) is 30.9 Å². The Morgan fingerprint density at radius 2 is 1.41 bits per heavy atom. The molecule has 1 aliphatic rings. The molecule has 8 heteroatoms. The van der Waals surface area contributed by atoms with Gasteiger partial charge >= 0.3 is 0 Å². The number of nitrogens with zero attached hydrogens (tertiary/aromatic N) is 2. The third-order valence-corrected chi connectivity index (χ3v) is 5.29. The topological polar surface area (TPSA) is 52.7 Å². The number of carbonyl (C=O) groups is 2. The smallest absolute Gasteiger partial charge is 0.234 e. The van der Waals surface area contributed by atoms with Gasteiger partial charge in [0, 0.05) is 38.4 Å². The summed E-state index contributed by atoms with van der Waals surface area (Å²) in [6.45, 7) is 1.02. The van der Waals surface area contributed by atoms with Crippen LogP contribution in [-0.4, -0.2) is 39.0 Å². The molecule has 2 aromatic carbocycles. The van der Waals surface area contributed by atoms with Crippen molar-refractivity contribution in [3.05, 3.63) is 60.2 Å². The van der Waals surface area contributed by atoms with Crippen LogP contribution in [0.4, 0.5) is 20.2 Å². The maximum atomic E-state index is 13.3. The lowest BCUT2D eigenvalue weighted by Crippen LogP contribution is -2.47. The van der Waals surface area contributed by atoms with Crippen molar-refractivity contribution in [2.75, 3.05) is 37.0 Å². The minimum absolute atomic E-state index is 0. The minimum Gasteiger partial charge on any atom is -0.316 e. The molecule has 0 aromatic heterocycles. The van der Waals surface area contributed by atoms with Gasteiger partial charge in [0.25, 0.3) is 0 Å². The molecule has 0 bridgehead atoms. The van der Waals surface area contributed by atoms with Gasteiger partial charge in [-0.05, 0) is 61.5 Å². The highest BCUT2D eigenvalue weighted by molar-refractivity contribution is 6.02. The Hall–Kier alpha value is -2.51. The van der Waals surface area contributed by atoms with Crippen molar-refractivity contribution >= 4 is 35.6 Å². The molecule has 2 amide bonds. The lowest BCUT2D eigenvalue weighted by molar-refractivity contribution is -0.132. The first-order valence-corrected chi connectivity index (χ1v) is 9.09. The number of nitrogens with one attached hydrogen (secondary N) is 1. The molecule has 1 heterocycles. The number of anilines is 2. The second kappa shape index (κ2) is 9.33. The molecule has 29 heavy (non-hydrogen) atoms. The average Bonchev–Trinajstić information content (AvgIpc) is 3.17. The number of rotatable bonds is 5. The van der Waals surface area contributed by atoms with Crippen molar-refractivity contribution in [2.45, 2.75) is 12.8 Å². The van der Waals surface area contributed by atoms with Gasteiger partial charge in [0.05, 0.1) is 5.41 Å². The Morgan fingerprint density at radius 1 is 0.931 bits per heavy atom. The van der Waals surface area contributed by atoms with Gasteiger partial charge in [-0.25, -0.2) is 8.78 Å². The zero-order chi connectivity index (χ0) is 20.3. The Morgan fingerprint density at radius 3 is 1.86 bits per heavy atom. The summed E-state index contributed by atoms with van der Waals surface area (Å²) in [5.74, 6) is -1.17. The molecule has 156 valence electrons. The van der Waals surface area contributed by atoms with Crippen LogP contribution in [0.3, 0.4) is 0 Å². The molecule has 1 fully saturated rings. The molecular formula is C21H24ClF2N3O2. The molecule has 1 N–H and O–H groups in total. The average molecular weight is 424 g/mol. The van der Waals surface area contributed by atoms with Crippen LogP contribution in [0.15, 0.2) is 48.5 Å². The van der Waals surface area contributed by atoms with E-state index in [-0.39, 0.29) is 42.3 Å². The number of carbonyl (C=O) groups excluding carboxylic acids is 2. The Labute approximate surface area is 175 Å². The Kier molecular flexibility index (Phi) is 7.32. The summed E-state index contributed by atoms with van der Waals surface area (Å²) in [6.07, 6.45) is 0.554. The normalized spacial score (nSPS) is 18.1. The molecule has 1 atom stereocenters. The number of hydrogen-bond donors (Lipinski definition) is 1.